The Hall–Kier alpha value is -1.27. The smallest absolute Gasteiger partial charge is 0.162 e. The second-order valence-corrected chi connectivity index (χ2v) is 8.46. The van der Waals surface area contributed by atoms with Crippen molar-refractivity contribution in [3.63, 3.8) is 0 Å². The molecule has 4 fully saturated rings. The molecule has 6 heteroatoms. The summed E-state index contributed by atoms with van der Waals surface area (Å²) >= 11 is 1.78. The predicted molar refractivity (Wildman–Crippen MR) is 84.4 cm³/mol. The van der Waals surface area contributed by atoms with Crippen LogP contribution in [-0.4, -0.2) is 25.7 Å². The highest BCUT2D eigenvalue weighted by molar-refractivity contribution is 7.07. The molecule has 0 radical (unpaired) electrons. The second kappa shape index (κ2) is 4.61. The Labute approximate surface area is 134 Å². The maximum Gasteiger partial charge on any atom is 0.162 e. The van der Waals surface area contributed by atoms with Crippen LogP contribution in [0.2, 0.25) is 0 Å². The van der Waals surface area contributed by atoms with Gasteiger partial charge in [0.05, 0.1) is 5.54 Å². The zero-order valence-electron chi connectivity index (χ0n) is 12.6. The van der Waals surface area contributed by atoms with Gasteiger partial charge in [-0.3, -0.25) is 0 Å². The lowest BCUT2D eigenvalue weighted by Gasteiger charge is -2.61. The average Bonchev–Trinajstić information content (AvgIpc) is 3.18. The number of thiophene rings is 1. The first-order valence-corrected chi connectivity index (χ1v) is 9.19. The van der Waals surface area contributed by atoms with Gasteiger partial charge in [0.25, 0.3) is 0 Å². The predicted octanol–water partition coefficient (Wildman–Crippen LogP) is 2.57. The fraction of sp³-hybridized carbons (Fsp3) is 0.688. The van der Waals surface area contributed by atoms with E-state index in [0.717, 1.165) is 24.8 Å². The number of nitrogens with one attached hydrogen (secondary N) is 1. The molecule has 2 heterocycles. The quantitative estimate of drug-likeness (QED) is 0.942. The van der Waals surface area contributed by atoms with Crippen LogP contribution in [0.5, 0.6) is 0 Å². The molecule has 6 rings (SSSR count). The summed E-state index contributed by atoms with van der Waals surface area (Å²) in [6, 6.07) is 2.23. The summed E-state index contributed by atoms with van der Waals surface area (Å²) in [6.07, 6.45) is 9.27. The molecular weight excluding hydrogens is 294 g/mol. The number of aromatic nitrogens is 4. The summed E-state index contributed by atoms with van der Waals surface area (Å²) in [6.45, 7) is 0.990. The van der Waals surface area contributed by atoms with Crippen LogP contribution in [0.15, 0.2) is 23.2 Å². The van der Waals surface area contributed by atoms with E-state index in [1.807, 2.05) is 4.80 Å². The molecule has 2 aromatic rings. The van der Waals surface area contributed by atoms with Gasteiger partial charge in [-0.25, -0.2) is 0 Å². The highest BCUT2D eigenvalue weighted by atomic mass is 32.1. The molecule has 116 valence electrons. The molecule has 2 unspecified atom stereocenters. The van der Waals surface area contributed by atoms with E-state index < -0.39 is 0 Å². The number of hydrogen-bond donors (Lipinski definition) is 1. The summed E-state index contributed by atoms with van der Waals surface area (Å²) in [5.74, 6) is 1.64. The van der Waals surface area contributed by atoms with Gasteiger partial charge in [0.15, 0.2) is 6.33 Å². The van der Waals surface area contributed by atoms with Crippen molar-refractivity contribution in [1.29, 1.82) is 0 Å². The van der Waals surface area contributed by atoms with E-state index in [1.54, 1.807) is 17.7 Å². The third-order valence-electron chi connectivity index (χ3n) is 6.05. The van der Waals surface area contributed by atoms with E-state index in [4.69, 9.17) is 0 Å². The zero-order chi connectivity index (χ0) is 14.6. The van der Waals surface area contributed by atoms with Crippen LogP contribution in [0.4, 0.5) is 0 Å². The van der Waals surface area contributed by atoms with Gasteiger partial charge in [-0.1, -0.05) is 0 Å². The van der Waals surface area contributed by atoms with Gasteiger partial charge in [-0.05, 0) is 78.0 Å². The Balaban J connectivity index is 1.44. The van der Waals surface area contributed by atoms with Crippen molar-refractivity contribution in [3.8, 4) is 0 Å². The highest BCUT2D eigenvalue weighted by Crippen LogP contribution is 2.60. The molecule has 1 N–H and O–H groups in total. The Kier molecular flexibility index (Phi) is 2.77. The van der Waals surface area contributed by atoms with Crippen molar-refractivity contribution in [1.82, 2.24) is 25.5 Å². The molecule has 2 aromatic heterocycles. The number of rotatable bonds is 4. The van der Waals surface area contributed by atoms with Crippen molar-refractivity contribution in [2.75, 3.05) is 0 Å². The van der Waals surface area contributed by atoms with Gasteiger partial charge < -0.3 is 5.32 Å². The van der Waals surface area contributed by atoms with Gasteiger partial charge in [0.1, 0.15) is 0 Å². The van der Waals surface area contributed by atoms with Crippen LogP contribution in [-0.2, 0) is 12.1 Å². The molecule has 22 heavy (non-hydrogen) atoms. The minimum Gasteiger partial charge on any atom is -0.307 e. The second-order valence-electron chi connectivity index (χ2n) is 7.68. The largest absolute Gasteiger partial charge is 0.307 e. The lowest BCUT2D eigenvalue weighted by atomic mass is 9.50. The van der Waals surface area contributed by atoms with E-state index in [1.165, 1.54) is 37.7 Å². The fourth-order valence-corrected chi connectivity index (χ4v) is 6.39. The molecule has 0 amide bonds. The van der Waals surface area contributed by atoms with Crippen LogP contribution >= 0.6 is 11.3 Å². The molecule has 0 saturated heterocycles. The molecule has 0 aromatic carbocycles. The molecule has 4 aliphatic rings. The number of tetrazole rings is 1. The van der Waals surface area contributed by atoms with Crippen molar-refractivity contribution < 1.29 is 0 Å². The standard InChI is InChI=1S/C16H21N5S/c1-2-22-9-12(1)8-17-15-4-13-3-14(5-15)7-16(6-13,10-15)21-19-11-18-20-21/h1-2,9,11,13-14,17H,3-8,10H2. The first-order chi connectivity index (χ1) is 10.8. The molecule has 2 atom stereocenters. The van der Waals surface area contributed by atoms with Crippen molar-refractivity contribution in [2.24, 2.45) is 11.8 Å². The van der Waals surface area contributed by atoms with Crippen LogP contribution < -0.4 is 5.32 Å². The Bertz CT molecular complexity index is 636. The highest BCUT2D eigenvalue weighted by Gasteiger charge is 2.59. The Morgan fingerprint density at radius 1 is 1.27 bits per heavy atom. The Morgan fingerprint density at radius 3 is 2.82 bits per heavy atom. The van der Waals surface area contributed by atoms with Gasteiger partial charge in [-0.2, -0.15) is 16.1 Å². The molecule has 0 aliphatic heterocycles. The third kappa shape index (κ3) is 1.97. The lowest BCUT2D eigenvalue weighted by Crippen LogP contribution is -2.65. The monoisotopic (exact) mass is 315 g/mol. The molecule has 4 bridgehead atoms. The molecular formula is C16H21N5S. The number of hydrogen-bond acceptors (Lipinski definition) is 5. The minimum absolute atomic E-state index is 0.113. The molecule has 4 aliphatic carbocycles. The maximum atomic E-state index is 4.42. The van der Waals surface area contributed by atoms with E-state index in [2.05, 4.69) is 37.6 Å². The zero-order valence-corrected chi connectivity index (χ0v) is 13.4. The van der Waals surface area contributed by atoms with E-state index in [0.29, 0.717) is 0 Å². The number of nitrogens with zero attached hydrogens (tertiary/aromatic N) is 4. The average molecular weight is 315 g/mol. The fourth-order valence-electron chi connectivity index (χ4n) is 5.72. The van der Waals surface area contributed by atoms with Gasteiger partial charge in [-0.15, -0.1) is 10.2 Å². The van der Waals surface area contributed by atoms with Crippen molar-refractivity contribution in [3.05, 3.63) is 28.7 Å². The van der Waals surface area contributed by atoms with Crippen LogP contribution in [0.3, 0.4) is 0 Å². The third-order valence-corrected chi connectivity index (χ3v) is 6.78. The van der Waals surface area contributed by atoms with E-state index in [9.17, 15) is 0 Å². The molecule has 4 saturated carbocycles. The van der Waals surface area contributed by atoms with Crippen LogP contribution in [0, 0.1) is 11.8 Å². The van der Waals surface area contributed by atoms with Crippen LogP contribution in [0.25, 0.3) is 0 Å². The van der Waals surface area contributed by atoms with Gasteiger partial charge in [0.2, 0.25) is 0 Å². The van der Waals surface area contributed by atoms with Gasteiger partial charge >= 0.3 is 0 Å². The molecule has 5 nitrogen and oxygen atoms in total. The maximum absolute atomic E-state index is 4.42. The Morgan fingerprint density at radius 2 is 2.14 bits per heavy atom. The SMILES string of the molecule is c1nnn(C23CC4CC(CC(NCc5ccsc5)(C4)C2)C3)n1. The van der Waals surface area contributed by atoms with Crippen molar-refractivity contribution in [2.45, 2.75) is 56.1 Å². The van der Waals surface area contributed by atoms with Gasteiger partial charge in [0, 0.05) is 12.1 Å². The lowest BCUT2D eigenvalue weighted by molar-refractivity contribution is -0.0853. The summed E-state index contributed by atoms with van der Waals surface area (Å²) in [5.41, 5.74) is 1.80. The molecule has 0 spiro atoms. The summed E-state index contributed by atoms with van der Waals surface area (Å²) in [4.78, 5) is 1.94. The minimum atomic E-state index is 0.113. The topological polar surface area (TPSA) is 55.6 Å². The summed E-state index contributed by atoms with van der Waals surface area (Å²) in [7, 11) is 0. The van der Waals surface area contributed by atoms with Crippen molar-refractivity contribution >= 4 is 11.3 Å². The van der Waals surface area contributed by atoms with E-state index in [-0.39, 0.29) is 11.1 Å². The normalized spacial score (nSPS) is 39.5. The first kappa shape index (κ1) is 13.2. The summed E-state index contributed by atoms with van der Waals surface area (Å²) in [5, 5.41) is 21.0. The summed E-state index contributed by atoms with van der Waals surface area (Å²) < 4.78 is 0. The van der Waals surface area contributed by atoms with Crippen LogP contribution in [0.1, 0.15) is 44.1 Å². The first-order valence-electron chi connectivity index (χ1n) is 8.25. The van der Waals surface area contributed by atoms with E-state index >= 15 is 0 Å².